The van der Waals surface area contributed by atoms with E-state index in [9.17, 15) is 45.3 Å². The van der Waals surface area contributed by atoms with E-state index in [0.29, 0.717) is 12.8 Å². The van der Waals surface area contributed by atoms with Crippen LogP contribution in [-0.4, -0.2) is 142 Å². The van der Waals surface area contributed by atoms with Gasteiger partial charge in [0.2, 0.25) is 0 Å². The maximum atomic E-state index is 13.0. The number of unbranched alkanes of at least 4 members (excludes halogenated alkanes) is 17. The van der Waals surface area contributed by atoms with Crippen LogP contribution in [0, 0.1) is 0 Å². The summed E-state index contributed by atoms with van der Waals surface area (Å²) in [6.07, 6.45) is 20.3. The molecule has 0 bridgehead atoms. The molecule has 64 heavy (non-hydrogen) atoms. The van der Waals surface area contributed by atoms with Gasteiger partial charge in [-0.15, -0.1) is 0 Å². The van der Waals surface area contributed by atoms with Crippen molar-refractivity contribution >= 4 is 11.9 Å². The fraction of sp³-hybridized carbons (Fsp3) is 0.837. The van der Waals surface area contributed by atoms with Crippen molar-refractivity contribution < 1.29 is 73.8 Å². The van der Waals surface area contributed by atoms with Gasteiger partial charge < -0.3 is 64.2 Å². The summed E-state index contributed by atoms with van der Waals surface area (Å²) in [5.74, 6) is -0.952. The van der Waals surface area contributed by atoms with Crippen LogP contribution in [0.3, 0.4) is 0 Å². The van der Waals surface area contributed by atoms with Gasteiger partial charge >= 0.3 is 11.9 Å². The van der Waals surface area contributed by atoms with Crippen LogP contribution in [0.5, 0.6) is 0 Å². The minimum Gasteiger partial charge on any atom is -0.462 e. The zero-order valence-corrected chi connectivity index (χ0v) is 39.0. The van der Waals surface area contributed by atoms with Crippen LogP contribution >= 0.6 is 0 Å². The first-order chi connectivity index (χ1) is 31.0. The van der Waals surface area contributed by atoms with E-state index in [1.165, 1.54) is 44.9 Å². The molecule has 2 heterocycles. The normalized spacial score (nSPS) is 26.9. The summed E-state index contributed by atoms with van der Waals surface area (Å²) in [5, 5.41) is 72.0. The van der Waals surface area contributed by atoms with Crippen molar-refractivity contribution in [3.63, 3.8) is 0 Å². The van der Waals surface area contributed by atoms with Gasteiger partial charge in [-0.2, -0.15) is 0 Å². The molecule has 0 radical (unpaired) electrons. The maximum absolute atomic E-state index is 13.0. The van der Waals surface area contributed by atoms with Crippen molar-refractivity contribution in [2.45, 2.75) is 235 Å². The van der Waals surface area contributed by atoms with Gasteiger partial charge in [-0.1, -0.05) is 121 Å². The third-order valence-corrected chi connectivity index (χ3v) is 11.6. The molecule has 0 saturated carbocycles. The highest BCUT2D eigenvalue weighted by molar-refractivity contribution is 5.70. The lowest BCUT2D eigenvalue weighted by molar-refractivity contribution is -0.332. The van der Waals surface area contributed by atoms with Crippen molar-refractivity contribution in [3.8, 4) is 0 Å². The van der Waals surface area contributed by atoms with E-state index >= 15 is 0 Å². The summed E-state index contributed by atoms with van der Waals surface area (Å²) in [5.41, 5.74) is 0. The lowest BCUT2D eigenvalue weighted by Crippen LogP contribution is -2.61. The van der Waals surface area contributed by atoms with E-state index in [2.05, 4.69) is 50.3 Å². The van der Waals surface area contributed by atoms with Gasteiger partial charge in [-0.25, -0.2) is 0 Å². The Morgan fingerprint density at radius 2 is 0.938 bits per heavy atom. The Morgan fingerprint density at radius 1 is 0.500 bits per heavy atom. The number of esters is 2. The zero-order chi connectivity index (χ0) is 46.8. The average molecular weight is 915 g/mol. The number of aliphatic hydroxyl groups excluding tert-OH is 7. The van der Waals surface area contributed by atoms with Crippen LogP contribution in [0.1, 0.15) is 168 Å². The van der Waals surface area contributed by atoms with E-state index in [1.54, 1.807) is 0 Å². The van der Waals surface area contributed by atoms with E-state index in [4.69, 9.17) is 28.4 Å². The maximum Gasteiger partial charge on any atom is 0.306 e. The second-order valence-electron chi connectivity index (χ2n) is 17.3. The van der Waals surface area contributed by atoms with Crippen molar-refractivity contribution in [2.75, 3.05) is 26.4 Å². The van der Waals surface area contributed by atoms with Crippen LogP contribution in [0.25, 0.3) is 0 Å². The molecule has 7 N–H and O–H groups in total. The fourth-order valence-corrected chi connectivity index (χ4v) is 7.48. The lowest BCUT2D eigenvalue weighted by atomic mass is 9.98. The van der Waals surface area contributed by atoms with Crippen molar-refractivity contribution in [2.24, 2.45) is 0 Å². The average Bonchev–Trinajstić information content (AvgIpc) is 3.29. The highest BCUT2D eigenvalue weighted by Crippen LogP contribution is 2.26. The molecule has 0 amide bonds. The summed E-state index contributed by atoms with van der Waals surface area (Å²) >= 11 is 0. The summed E-state index contributed by atoms with van der Waals surface area (Å²) in [7, 11) is 0. The van der Waals surface area contributed by atoms with Crippen LogP contribution in [0.4, 0.5) is 0 Å². The van der Waals surface area contributed by atoms with Gasteiger partial charge in [0.15, 0.2) is 18.7 Å². The quantitative estimate of drug-likeness (QED) is 0.0211. The molecule has 2 aliphatic heterocycles. The van der Waals surface area contributed by atoms with Gasteiger partial charge in [0, 0.05) is 12.8 Å². The first kappa shape index (κ1) is 57.8. The molecule has 2 rings (SSSR count). The van der Waals surface area contributed by atoms with Crippen molar-refractivity contribution in [3.05, 3.63) is 36.5 Å². The molecule has 372 valence electrons. The highest BCUT2D eigenvalue weighted by atomic mass is 16.7. The Hall–Kier alpha value is -2.28. The predicted octanol–water partition coefficient (Wildman–Crippen LogP) is 6.15. The first-order valence-electron chi connectivity index (χ1n) is 24.6. The standard InChI is InChI=1S/C49H86O15/c1-3-5-7-9-11-13-15-17-18-20-22-24-26-28-30-32-41(52)62-37(34-59-40(51)31-29-27-25-23-21-19-16-14-12-10-8-6-4-2)35-60-48-47(58)45(56)43(54)39(64-48)36-61-49-46(57)44(55)42(53)38(33-50)63-49/h11,13-14,16-18,37-39,42-50,53-58H,3-10,12,15,19-36H2,1-2H3/b13-11+,16-14+,18-17+/t37-,38-,39-,42+,43+,44?,45?,46?,47?,48-,49-/m1/s1. The summed E-state index contributed by atoms with van der Waals surface area (Å²) in [6.45, 7) is 2.51. The number of hydrogen-bond acceptors (Lipinski definition) is 15. The van der Waals surface area contributed by atoms with Crippen LogP contribution in [-0.2, 0) is 38.0 Å². The Kier molecular flexibility index (Phi) is 33.3. The highest BCUT2D eigenvalue weighted by Gasteiger charge is 2.47. The molecule has 2 saturated heterocycles. The number of carbonyl (C=O) groups is 2. The van der Waals surface area contributed by atoms with Crippen molar-refractivity contribution in [1.82, 2.24) is 0 Å². The number of allylic oxidation sites excluding steroid dienone is 6. The third kappa shape index (κ3) is 25.0. The van der Waals surface area contributed by atoms with Gasteiger partial charge in [0.05, 0.1) is 19.8 Å². The minimum atomic E-state index is -1.77. The zero-order valence-electron chi connectivity index (χ0n) is 39.0. The topological polar surface area (TPSA) is 231 Å². The third-order valence-electron chi connectivity index (χ3n) is 11.6. The SMILES string of the molecule is CCCCC/C=C/C/C=C/CCCCCCCC(=O)O[C@H](COC(=O)CCCCCCC/C=C/CCCCCC)CO[C@@H]1O[C@H](CO[C@@H]2O[C@H](CO)[C@H](O)C(O)C2O)[C@H](O)C(O)C1O. The molecule has 0 aromatic rings. The van der Waals surface area contributed by atoms with Crippen LogP contribution in [0.2, 0.25) is 0 Å². The van der Waals surface area contributed by atoms with E-state index < -0.39 is 92.7 Å². The Balaban J connectivity index is 1.84. The number of hydrogen-bond donors (Lipinski definition) is 7. The summed E-state index contributed by atoms with van der Waals surface area (Å²) in [4.78, 5) is 25.7. The molecule has 15 heteroatoms. The Morgan fingerprint density at radius 3 is 1.50 bits per heavy atom. The molecule has 0 aromatic heterocycles. The molecule has 4 unspecified atom stereocenters. The second-order valence-corrected chi connectivity index (χ2v) is 17.3. The van der Waals surface area contributed by atoms with Crippen molar-refractivity contribution in [1.29, 1.82) is 0 Å². The van der Waals surface area contributed by atoms with Gasteiger partial charge in [0.25, 0.3) is 0 Å². The van der Waals surface area contributed by atoms with Crippen LogP contribution in [0.15, 0.2) is 36.5 Å². The Labute approximate surface area is 383 Å². The number of ether oxygens (including phenoxy) is 6. The van der Waals surface area contributed by atoms with Gasteiger partial charge in [-0.3, -0.25) is 9.59 Å². The predicted molar refractivity (Wildman–Crippen MR) is 243 cm³/mol. The second kappa shape index (κ2) is 36.8. The molecule has 2 aliphatic rings. The van der Waals surface area contributed by atoms with E-state index in [-0.39, 0.29) is 26.1 Å². The summed E-state index contributed by atoms with van der Waals surface area (Å²) in [6, 6.07) is 0. The molecule has 15 nitrogen and oxygen atoms in total. The monoisotopic (exact) mass is 915 g/mol. The van der Waals surface area contributed by atoms with E-state index in [0.717, 1.165) is 83.5 Å². The molecule has 2 fully saturated rings. The number of aliphatic hydroxyl groups is 7. The van der Waals surface area contributed by atoms with E-state index in [1.807, 2.05) is 0 Å². The number of rotatable bonds is 37. The molecule has 0 spiro atoms. The fourth-order valence-electron chi connectivity index (χ4n) is 7.48. The smallest absolute Gasteiger partial charge is 0.306 e. The van der Waals surface area contributed by atoms with Gasteiger partial charge in [-0.05, 0) is 70.6 Å². The molecule has 11 atom stereocenters. The Bertz CT molecular complexity index is 1260. The molecular weight excluding hydrogens is 829 g/mol. The number of carbonyl (C=O) groups excluding carboxylic acids is 2. The first-order valence-corrected chi connectivity index (χ1v) is 24.6. The van der Waals surface area contributed by atoms with Gasteiger partial charge in [0.1, 0.15) is 55.4 Å². The lowest BCUT2D eigenvalue weighted by Gasteiger charge is -2.42. The molecule has 0 aliphatic carbocycles. The molecular formula is C49H86O15. The van der Waals surface area contributed by atoms with Crippen LogP contribution < -0.4 is 0 Å². The summed E-state index contributed by atoms with van der Waals surface area (Å²) < 4.78 is 33.5. The minimum absolute atomic E-state index is 0.147. The largest absolute Gasteiger partial charge is 0.462 e. The molecule has 0 aromatic carbocycles.